The minimum Gasteiger partial charge on any atom is -0.396 e. The Hall–Kier alpha value is -0.770. The van der Waals surface area contributed by atoms with Gasteiger partial charge in [-0.05, 0) is 12.8 Å². The summed E-state index contributed by atoms with van der Waals surface area (Å²) in [5.74, 6) is 0. The van der Waals surface area contributed by atoms with E-state index in [0.717, 1.165) is 26.1 Å². The van der Waals surface area contributed by atoms with Crippen LogP contribution in [-0.4, -0.2) is 53.7 Å². The third-order valence-corrected chi connectivity index (χ3v) is 2.26. The molecule has 1 rings (SSSR count). The van der Waals surface area contributed by atoms with Crippen LogP contribution in [0.15, 0.2) is 0 Å². The van der Waals surface area contributed by atoms with Crippen molar-refractivity contribution in [2.45, 2.75) is 19.8 Å². The third kappa shape index (κ3) is 2.59. The zero-order valence-electron chi connectivity index (χ0n) is 8.20. The fourth-order valence-corrected chi connectivity index (χ4v) is 1.58. The second kappa shape index (κ2) is 5.07. The molecule has 0 bridgehead atoms. The van der Waals surface area contributed by atoms with Crippen LogP contribution in [0.4, 0.5) is 4.79 Å². The Kier molecular flexibility index (Phi) is 4.02. The Morgan fingerprint density at radius 3 is 2.46 bits per heavy atom. The fraction of sp³-hybridized carbons (Fsp3) is 0.889. The Morgan fingerprint density at radius 2 is 1.92 bits per heavy atom. The summed E-state index contributed by atoms with van der Waals surface area (Å²) >= 11 is 0. The van der Waals surface area contributed by atoms with Crippen LogP contribution in [0.25, 0.3) is 0 Å². The highest BCUT2D eigenvalue weighted by molar-refractivity contribution is 5.76. The molecule has 0 atom stereocenters. The van der Waals surface area contributed by atoms with Crippen molar-refractivity contribution >= 4 is 6.03 Å². The molecule has 4 heteroatoms. The maximum atomic E-state index is 11.6. The van der Waals surface area contributed by atoms with E-state index in [0.29, 0.717) is 13.0 Å². The van der Waals surface area contributed by atoms with Gasteiger partial charge in [-0.2, -0.15) is 0 Å². The van der Waals surface area contributed by atoms with E-state index in [9.17, 15) is 4.79 Å². The molecule has 1 saturated heterocycles. The summed E-state index contributed by atoms with van der Waals surface area (Å²) in [6, 6.07) is 0.135. The molecule has 0 aromatic rings. The maximum Gasteiger partial charge on any atom is 0.320 e. The first-order valence-electron chi connectivity index (χ1n) is 4.94. The van der Waals surface area contributed by atoms with Crippen molar-refractivity contribution in [2.75, 3.05) is 32.8 Å². The van der Waals surface area contributed by atoms with E-state index in [1.165, 1.54) is 0 Å². The number of rotatable bonds is 5. The molecule has 0 saturated carbocycles. The lowest BCUT2D eigenvalue weighted by Gasteiger charge is -2.17. The van der Waals surface area contributed by atoms with E-state index < -0.39 is 0 Å². The maximum absolute atomic E-state index is 11.6. The van der Waals surface area contributed by atoms with Crippen LogP contribution in [-0.2, 0) is 0 Å². The first-order chi connectivity index (χ1) is 6.29. The molecule has 1 aliphatic heterocycles. The first kappa shape index (κ1) is 10.3. The van der Waals surface area contributed by atoms with Crippen molar-refractivity contribution < 1.29 is 9.90 Å². The van der Waals surface area contributed by atoms with Gasteiger partial charge < -0.3 is 14.9 Å². The number of aliphatic hydroxyl groups is 1. The lowest BCUT2D eigenvalue weighted by Crippen LogP contribution is -2.33. The molecule has 1 fully saturated rings. The van der Waals surface area contributed by atoms with E-state index in [2.05, 4.69) is 6.92 Å². The zero-order valence-corrected chi connectivity index (χ0v) is 8.20. The van der Waals surface area contributed by atoms with Crippen molar-refractivity contribution in [2.24, 2.45) is 0 Å². The number of aliphatic hydroxyl groups excluding tert-OH is 1. The standard InChI is InChI=1S/C9H18N2O2/c1-2-4-10-6-7-11(9(10)13)5-3-8-12/h12H,2-8H2,1H3. The van der Waals surface area contributed by atoms with Crippen molar-refractivity contribution in [3.8, 4) is 0 Å². The van der Waals surface area contributed by atoms with Gasteiger partial charge in [-0.25, -0.2) is 4.79 Å². The minimum atomic E-state index is 0.135. The number of hydrogen-bond acceptors (Lipinski definition) is 2. The van der Waals surface area contributed by atoms with E-state index in [1.807, 2.05) is 9.80 Å². The van der Waals surface area contributed by atoms with Crippen LogP contribution in [0.5, 0.6) is 0 Å². The summed E-state index contributed by atoms with van der Waals surface area (Å²) in [7, 11) is 0. The highest BCUT2D eigenvalue weighted by Crippen LogP contribution is 2.09. The van der Waals surface area contributed by atoms with Gasteiger partial charge in [0.2, 0.25) is 0 Å². The molecular formula is C9H18N2O2. The Labute approximate surface area is 79.1 Å². The summed E-state index contributed by atoms with van der Waals surface area (Å²) in [6.07, 6.45) is 1.70. The molecule has 1 heterocycles. The van der Waals surface area contributed by atoms with E-state index in [1.54, 1.807) is 0 Å². The molecule has 0 aromatic heterocycles. The summed E-state index contributed by atoms with van der Waals surface area (Å²) in [5, 5.41) is 8.63. The van der Waals surface area contributed by atoms with E-state index in [4.69, 9.17) is 5.11 Å². The van der Waals surface area contributed by atoms with Gasteiger partial charge in [-0.15, -0.1) is 0 Å². The van der Waals surface area contributed by atoms with Crippen molar-refractivity contribution in [1.82, 2.24) is 9.80 Å². The van der Waals surface area contributed by atoms with Crippen LogP contribution >= 0.6 is 0 Å². The van der Waals surface area contributed by atoms with Gasteiger partial charge in [-0.1, -0.05) is 6.92 Å². The normalized spacial score (nSPS) is 17.2. The van der Waals surface area contributed by atoms with Gasteiger partial charge in [-0.3, -0.25) is 0 Å². The lowest BCUT2D eigenvalue weighted by atomic mass is 10.4. The quantitative estimate of drug-likeness (QED) is 0.680. The highest BCUT2D eigenvalue weighted by atomic mass is 16.3. The molecule has 0 radical (unpaired) electrons. The average Bonchev–Trinajstić information content (AvgIpc) is 2.46. The van der Waals surface area contributed by atoms with Gasteiger partial charge in [0.05, 0.1) is 0 Å². The summed E-state index contributed by atoms with van der Waals surface area (Å²) in [5.41, 5.74) is 0. The zero-order chi connectivity index (χ0) is 9.68. The number of urea groups is 1. The molecule has 0 aliphatic carbocycles. The summed E-state index contributed by atoms with van der Waals surface area (Å²) in [4.78, 5) is 15.3. The molecular weight excluding hydrogens is 168 g/mol. The number of hydrogen-bond donors (Lipinski definition) is 1. The molecule has 0 unspecified atom stereocenters. The fourth-order valence-electron chi connectivity index (χ4n) is 1.58. The van der Waals surface area contributed by atoms with Crippen LogP contribution in [0.1, 0.15) is 19.8 Å². The van der Waals surface area contributed by atoms with Gasteiger partial charge in [0.25, 0.3) is 0 Å². The Morgan fingerprint density at radius 1 is 1.31 bits per heavy atom. The average molecular weight is 186 g/mol. The molecule has 1 N–H and O–H groups in total. The van der Waals surface area contributed by atoms with Crippen molar-refractivity contribution in [3.63, 3.8) is 0 Å². The molecule has 13 heavy (non-hydrogen) atoms. The SMILES string of the molecule is CCCN1CCN(CCCO)C1=O. The molecule has 76 valence electrons. The van der Waals surface area contributed by atoms with Crippen LogP contribution in [0, 0.1) is 0 Å². The number of carbonyl (C=O) groups excluding carboxylic acids is 1. The topological polar surface area (TPSA) is 43.8 Å². The van der Waals surface area contributed by atoms with Gasteiger partial charge in [0, 0.05) is 32.8 Å². The Balaban J connectivity index is 2.32. The van der Waals surface area contributed by atoms with Crippen LogP contribution < -0.4 is 0 Å². The van der Waals surface area contributed by atoms with Crippen molar-refractivity contribution in [1.29, 1.82) is 0 Å². The van der Waals surface area contributed by atoms with Gasteiger partial charge in [0.15, 0.2) is 0 Å². The van der Waals surface area contributed by atoms with Gasteiger partial charge >= 0.3 is 6.03 Å². The predicted octanol–water partition coefficient (Wildman–Crippen LogP) is 0.516. The number of carbonyl (C=O) groups is 1. The van der Waals surface area contributed by atoms with Gasteiger partial charge in [0.1, 0.15) is 0 Å². The Bertz CT molecular complexity index is 173. The first-order valence-corrected chi connectivity index (χ1v) is 4.94. The molecule has 0 aromatic carbocycles. The minimum absolute atomic E-state index is 0.135. The number of nitrogens with zero attached hydrogens (tertiary/aromatic N) is 2. The predicted molar refractivity (Wildman–Crippen MR) is 50.5 cm³/mol. The molecule has 0 spiro atoms. The number of amides is 2. The van der Waals surface area contributed by atoms with E-state index >= 15 is 0 Å². The van der Waals surface area contributed by atoms with Crippen LogP contribution in [0.3, 0.4) is 0 Å². The second-order valence-electron chi connectivity index (χ2n) is 3.33. The highest BCUT2D eigenvalue weighted by Gasteiger charge is 2.26. The van der Waals surface area contributed by atoms with Crippen LogP contribution in [0.2, 0.25) is 0 Å². The van der Waals surface area contributed by atoms with E-state index in [-0.39, 0.29) is 12.6 Å². The lowest BCUT2D eigenvalue weighted by molar-refractivity contribution is 0.187. The third-order valence-electron chi connectivity index (χ3n) is 2.26. The largest absolute Gasteiger partial charge is 0.396 e. The summed E-state index contributed by atoms with van der Waals surface area (Å²) < 4.78 is 0. The van der Waals surface area contributed by atoms with Crippen molar-refractivity contribution in [3.05, 3.63) is 0 Å². The monoisotopic (exact) mass is 186 g/mol. The molecule has 2 amide bonds. The summed E-state index contributed by atoms with van der Waals surface area (Å²) in [6.45, 7) is 5.45. The molecule has 4 nitrogen and oxygen atoms in total. The second-order valence-corrected chi connectivity index (χ2v) is 3.33. The molecule has 1 aliphatic rings. The smallest absolute Gasteiger partial charge is 0.320 e.